The number of benzene rings is 1. The van der Waals surface area contributed by atoms with Crippen LogP contribution in [0.1, 0.15) is 42.3 Å². The quantitative estimate of drug-likeness (QED) is 0.171. The van der Waals surface area contributed by atoms with Crippen LogP contribution in [-0.4, -0.2) is 62.0 Å². The van der Waals surface area contributed by atoms with Crippen molar-refractivity contribution in [3.8, 4) is 0 Å². The summed E-state index contributed by atoms with van der Waals surface area (Å²) in [6.45, 7) is 1.32. The van der Waals surface area contributed by atoms with Gasteiger partial charge in [-0.2, -0.15) is 4.72 Å². The van der Waals surface area contributed by atoms with E-state index < -0.39 is 40.4 Å². The summed E-state index contributed by atoms with van der Waals surface area (Å²) in [5.74, 6) is -2.85. The fourth-order valence-electron chi connectivity index (χ4n) is 2.79. The fourth-order valence-corrected chi connectivity index (χ4v) is 4.20. The number of nitrogens with two attached hydrogens (primary N) is 1. The lowest BCUT2D eigenvalue weighted by Gasteiger charge is -2.15. The van der Waals surface area contributed by atoms with E-state index >= 15 is 0 Å². The Kier molecular flexibility index (Phi) is 8.94. The van der Waals surface area contributed by atoms with Crippen LogP contribution in [0.15, 0.2) is 28.7 Å². The molecule has 1 aromatic carbocycles. The van der Waals surface area contributed by atoms with Crippen molar-refractivity contribution in [3.05, 3.63) is 35.6 Å². The number of carbonyl (C=O) groups is 3. The highest BCUT2D eigenvalue weighted by molar-refractivity contribution is 7.89. The van der Waals surface area contributed by atoms with Gasteiger partial charge in [-0.1, -0.05) is 13.3 Å². The van der Waals surface area contributed by atoms with Crippen LogP contribution < -0.4 is 21.1 Å². The first-order chi connectivity index (χ1) is 15.5. The minimum Gasteiger partial charge on any atom is -0.480 e. The van der Waals surface area contributed by atoms with Crippen molar-refractivity contribution >= 4 is 44.6 Å². The molecule has 7 N–H and O–H groups in total. The molecule has 0 fully saturated rings. The molecule has 0 saturated carbocycles. The summed E-state index contributed by atoms with van der Waals surface area (Å²) >= 11 is 0. The van der Waals surface area contributed by atoms with Crippen LogP contribution in [0.5, 0.6) is 0 Å². The Labute approximate surface area is 190 Å². The van der Waals surface area contributed by atoms with E-state index in [0.29, 0.717) is 29.4 Å². The second-order valence-electron chi connectivity index (χ2n) is 7.27. The molecule has 0 saturated heterocycles. The third kappa shape index (κ3) is 7.88. The molecule has 12 nitrogen and oxygen atoms in total. The molecular formula is C20H27N5O7S. The lowest BCUT2D eigenvalue weighted by atomic mass is 10.1. The number of amides is 2. The molecule has 33 heavy (non-hydrogen) atoms. The number of sulfonamides is 1. The summed E-state index contributed by atoms with van der Waals surface area (Å²) in [4.78, 5) is 35.5. The van der Waals surface area contributed by atoms with Gasteiger partial charge in [-0.3, -0.25) is 19.8 Å². The number of furan rings is 1. The van der Waals surface area contributed by atoms with Gasteiger partial charge in [0, 0.05) is 30.5 Å². The molecule has 13 heteroatoms. The maximum atomic E-state index is 12.3. The van der Waals surface area contributed by atoms with Crippen molar-refractivity contribution in [2.24, 2.45) is 5.73 Å². The number of amidine groups is 1. The van der Waals surface area contributed by atoms with E-state index in [4.69, 9.17) is 15.6 Å². The minimum atomic E-state index is -3.78. The molecule has 0 aliphatic carbocycles. The number of hydrogen-bond acceptors (Lipinski definition) is 7. The minimum absolute atomic E-state index is 0.0125. The van der Waals surface area contributed by atoms with E-state index in [1.54, 1.807) is 18.2 Å². The largest absolute Gasteiger partial charge is 0.480 e. The van der Waals surface area contributed by atoms with Crippen molar-refractivity contribution < 1.29 is 32.3 Å². The molecule has 1 atom stereocenters. The molecule has 1 aromatic heterocycles. The zero-order chi connectivity index (χ0) is 24.6. The Morgan fingerprint density at radius 1 is 1.21 bits per heavy atom. The summed E-state index contributed by atoms with van der Waals surface area (Å²) in [6, 6.07) is 4.78. The molecule has 1 unspecified atom stereocenters. The predicted molar refractivity (Wildman–Crippen MR) is 120 cm³/mol. The van der Waals surface area contributed by atoms with Crippen molar-refractivity contribution in [2.45, 2.75) is 32.2 Å². The molecule has 0 aliphatic heterocycles. The van der Waals surface area contributed by atoms with Crippen molar-refractivity contribution in [2.75, 3.05) is 18.8 Å². The highest BCUT2D eigenvalue weighted by atomic mass is 32.2. The van der Waals surface area contributed by atoms with E-state index in [1.807, 2.05) is 6.92 Å². The number of unbranched alkanes of at least 4 members (excludes halogenated alkanes) is 1. The Bertz CT molecular complexity index is 1140. The van der Waals surface area contributed by atoms with Gasteiger partial charge in [0.2, 0.25) is 15.9 Å². The molecule has 180 valence electrons. The SMILES string of the molecule is CCCCS(=O)(=O)NC(CNC(=O)CCNC(=O)c1cc2cc(C(=N)N)ccc2o1)C(=O)O. The standard InChI is InChI=1S/C20H27N5O7S/c1-2-3-8-33(30,31)25-14(20(28)29)11-24-17(26)6-7-23-19(27)16-10-13-9-12(18(21)22)4-5-15(13)32-16/h4-5,9-10,14,25H,2-3,6-8,11H2,1H3,(H3,21,22)(H,23,27)(H,24,26)(H,28,29). The van der Waals surface area contributed by atoms with Gasteiger partial charge in [-0.25, -0.2) is 8.42 Å². The number of nitrogen functional groups attached to an aromatic ring is 1. The Morgan fingerprint density at radius 3 is 2.58 bits per heavy atom. The van der Waals surface area contributed by atoms with Crippen LogP contribution >= 0.6 is 0 Å². The van der Waals surface area contributed by atoms with Crippen LogP contribution in [-0.2, 0) is 19.6 Å². The third-order valence-electron chi connectivity index (χ3n) is 4.58. The second-order valence-corrected chi connectivity index (χ2v) is 9.14. The van der Waals surface area contributed by atoms with Crippen LogP contribution in [0.3, 0.4) is 0 Å². The van der Waals surface area contributed by atoms with Gasteiger partial charge in [0.15, 0.2) is 5.76 Å². The summed E-state index contributed by atoms with van der Waals surface area (Å²) in [5, 5.41) is 22.1. The van der Waals surface area contributed by atoms with Gasteiger partial charge in [0.1, 0.15) is 17.5 Å². The average molecular weight is 482 g/mol. The first-order valence-corrected chi connectivity index (χ1v) is 11.8. The maximum Gasteiger partial charge on any atom is 0.323 e. The molecular weight excluding hydrogens is 454 g/mol. The smallest absolute Gasteiger partial charge is 0.323 e. The van der Waals surface area contributed by atoms with Crippen LogP contribution in [0.2, 0.25) is 0 Å². The number of nitrogens with one attached hydrogen (secondary N) is 4. The lowest BCUT2D eigenvalue weighted by Crippen LogP contribution is -2.49. The Hall–Kier alpha value is -3.45. The molecule has 0 bridgehead atoms. The zero-order valence-corrected chi connectivity index (χ0v) is 18.8. The van der Waals surface area contributed by atoms with Crippen LogP contribution in [0, 0.1) is 5.41 Å². The zero-order valence-electron chi connectivity index (χ0n) is 18.0. The molecule has 2 aromatic rings. The summed E-state index contributed by atoms with van der Waals surface area (Å²) in [6.07, 6.45) is 0.862. The van der Waals surface area contributed by atoms with Gasteiger partial charge in [-0.15, -0.1) is 0 Å². The highest BCUT2D eigenvalue weighted by Crippen LogP contribution is 2.20. The molecule has 0 aliphatic rings. The third-order valence-corrected chi connectivity index (χ3v) is 6.05. The first-order valence-electron chi connectivity index (χ1n) is 10.2. The van der Waals surface area contributed by atoms with Gasteiger partial charge >= 0.3 is 5.97 Å². The Balaban J connectivity index is 1.83. The normalized spacial score (nSPS) is 12.3. The fraction of sp³-hybridized carbons (Fsp3) is 0.400. The number of carboxylic acids is 1. The summed E-state index contributed by atoms with van der Waals surface area (Å²) < 4.78 is 31.3. The van der Waals surface area contributed by atoms with E-state index in [0.717, 1.165) is 0 Å². The van der Waals surface area contributed by atoms with Gasteiger partial charge in [0.05, 0.1) is 5.75 Å². The van der Waals surface area contributed by atoms with Gasteiger partial charge in [-0.05, 0) is 30.7 Å². The summed E-state index contributed by atoms with van der Waals surface area (Å²) in [7, 11) is -3.78. The number of fused-ring (bicyclic) bond motifs is 1. The lowest BCUT2D eigenvalue weighted by molar-refractivity contribution is -0.138. The van der Waals surface area contributed by atoms with Crippen molar-refractivity contribution in [1.29, 1.82) is 5.41 Å². The number of rotatable bonds is 13. The number of carboxylic acid groups (broad SMARTS) is 1. The molecule has 1 heterocycles. The molecule has 0 spiro atoms. The second kappa shape index (κ2) is 11.4. The van der Waals surface area contributed by atoms with E-state index in [9.17, 15) is 27.9 Å². The average Bonchev–Trinajstić information content (AvgIpc) is 3.18. The monoisotopic (exact) mass is 481 g/mol. The summed E-state index contributed by atoms with van der Waals surface area (Å²) in [5.41, 5.74) is 6.36. The van der Waals surface area contributed by atoms with E-state index in [-0.39, 0.29) is 30.3 Å². The molecule has 0 radical (unpaired) electrons. The van der Waals surface area contributed by atoms with E-state index in [1.165, 1.54) is 6.07 Å². The van der Waals surface area contributed by atoms with Crippen molar-refractivity contribution in [3.63, 3.8) is 0 Å². The number of carbonyl (C=O) groups excluding carboxylic acids is 2. The number of aliphatic carboxylic acids is 1. The highest BCUT2D eigenvalue weighted by Gasteiger charge is 2.24. The van der Waals surface area contributed by atoms with Gasteiger partial charge < -0.3 is 25.9 Å². The topological polar surface area (TPSA) is 205 Å². The Morgan fingerprint density at radius 2 is 1.94 bits per heavy atom. The van der Waals surface area contributed by atoms with Crippen LogP contribution in [0.25, 0.3) is 11.0 Å². The molecule has 2 amide bonds. The number of hydrogen-bond donors (Lipinski definition) is 6. The maximum absolute atomic E-state index is 12.3. The molecule has 2 rings (SSSR count). The van der Waals surface area contributed by atoms with E-state index in [2.05, 4.69) is 15.4 Å². The predicted octanol–water partition coefficient (Wildman–Crippen LogP) is 0.126. The first kappa shape index (κ1) is 25.8. The van der Waals surface area contributed by atoms with Gasteiger partial charge in [0.25, 0.3) is 5.91 Å². The van der Waals surface area contributed by atoms with Crippen LogP contribution in [0.4, 0.5) is 0 Å². The van der Waals surface area contributed by atoms with Crippen molar-refractivity contribution in [1.82, 2.24) is 15.4 Å².